The molecule has 0 spiro atoms. The molecule has 2 aromatic carbocycles. The molecule has 0 bridgehead atoms. The standard InChI is InChI=1S/C23H29N5O2.HI/c1-24-23(27-21-10-6-11-22(14-21)30-13-7-12-29-2)25-15-20-16-26-28(18-20)17-19-8-4-3-5-9-19;/h3-6,8-11,14,16,18H,7,12-13,15,17H2,1-2H3,(H2,24,25,27);1H. The Hall–Kier alpha value is -2.59. The van der Waals surface area contributed by atoms with Gasteiger partial charge in [-0.05, 0) is 17.7 Å². The molecule has 0 amide bonds. The molecule has 7 nitrogen and oxygen atoms in total. The highest BCUT2D eigenvalue weighted by atomic mass is 127. The summed E-state index contributed by atoms with van der Waals surface area (Å²) in [6, 6.07) is 18.1. The van der Waals surface area contributed by atoms with Crippen LogP contribution in [0.2, 0.25) is 0 Å². The van der Waals surface area contributed by atoms with E-state index >= 15 is 0 Å². The van der Waals surface area contributed by atoms with Crippen LogP contribution >= 0.6 is 24.0 Å². The van der Waals surface area contributed by atoms with E-state index in [2.05, 4.69) is 32.9 Å². The maximum atomic E-state index is 5.75. The van der Waals surface area contributed by atoms with Crippen LogP contribution in [-0.2, 0) is 17.8 Å². The van der Waals surface area contributed by atoms with Crippen molar-refractivity contribution < 1.29 is 9.47 Å². The molecule has 0 atom stereocenters. The SMILES string of the molecule is CN=C(NCc1cnn(Cc2ccccc2)c1)Nc1cccc(OCCCOC)c1.I. The molecule has 1 heterocycles. The van der Waals surface area contributed by atoms with Crippen LogP contribution < -0.4 is 15.4 Å². The minimum absolute atomic E-state index is 0. The lowest BCUT2D eigenvalue weighted by Crippen LogP contribution is -2.30. The summed E-state index contributed by atoms with van der Waals surface area (Å²) in [7, 11) is 3.44. The first-order chi connectivity index (χ1) is 14.8. The van der Waals surface area contributed by atoms with E-state index in [0.717, 1.165) is 30.0 Å². The minimum atomic E-state index is 0. The minimum Gasteiger partial charge on any atom is -0.493 e. The van der Waals surface area contributed by atoms with Gasteiger partial charge >= 0.3 is 0 Å². The van der Waals surface area contributed by atoms with Gasteiger partial charge in [0.15, 0.2) is 5.96 Å². The van der Waals surface area contributed by atoms with Crippen molar-refractivity contribution in [1.29, 1.82) is 0 Å². The Labute approximate surface area is 200 Å². The summed E-state index contributed by atoms with van der Waals surface area (Å²) in [6.07, 6.45) is 4.77. The van der Waals surface area contributed by atoms with Gasteiger partial charge in [0.2, 0.25) is 0 Å². The van der Waals surface area contributed by atoms with E-state index in [4.69, 9.17) is 9.47 Å². The van der Waals surface area contributed by atoms with Crippen molar-refractivity contribution in [3.8, 4) is 5.75 Å². The number of halogens is 1. The zero-order valence-corrected chi connectivity index (χ0v) is 20.3. The highest BCUT2D eigenvalue weighted by Gasteiger charge is 2.04. The maximum absolute atomic E-state index is 5.75. The Morgan fingerprint density at radius 2 is 1.90 bits per heavy atom. The normalized spacial score (nSPS) is 11.0. The number of benzene rings is 2. The monoisotopic (exact) mass is 535 g/mol. The van der Waals surface area contributed by atoms with Crippen molar-refractivity contribution >= 4 is 35.6 Å². The van der Waals surface area contributed by atoms with Gasteiger partial charge in [0.1, 0.15) is 5.75 Å². The van der Waals surface area contributed by atoms with E-state index in [1.165, 1.54) is 5.56 Å². The van der Waals surface area contributed by atoms with Crippen molar-refractivity contribution in [3.63, 3.8) is 0 Å². The summed E-state index contributed by atoms with van der Waals surface area (Å²) in [5.74, 6) is 1.50. The molecule has 3 rings (SSSR count). The first-order valence-electron chi connectivity index (χ1n) is 10.0. The Bertz CT molecular complexity index is 930. The third-order valence-corrected chi connectivity index (χ3v) is 4.42. The van der Waals surface area contributed by atoms with Crippen LogP contribution in [-0.4, -0.2) is 43.1 Å². The van der Waals surface area contributed by atoms with Gasteiger partial charge in [0.05, 0.1) is 19.3 Å². The lowest BCUT2D eigenvalue weighted by atomic mass is 10.2. The highest BCUT2D eigenvalue weighted by Crippen LogP contribution is 2.17. The van der Waals surface area contributed by atoms with Crippen LogP contribution in [0.15, 0.2) is 72.0 Å². The number of methoxy groups -OCH3 is 1. The molecule has 0 unspecified atom stereocenters. The summed E-state index contributed by atoms with van der Waals surface area (Å²) in [5, 5.41) is 11.1. The molecular formula is C23H30IN5O2. The van der Waals surface area contributed by atoms with Gasteiger partial charge in [-0.15, -0.1) is 24.0 Å². The lowest BCUT2D eigenvalue weighted by molar-refractivity contribution is 0.172. The average molecular weight is 535 g/mol. The largest absolute Gasteiger partial charge is 0.493 e. The molecule has 0 radical (unpaired) electrons. The molecule has 31 heavy (non-hydrogen) atoms. The quantitative estimate of drug-likeness (QED) is 0.177. The van der Waals surface area contributed by atoms with E-state index in [0.29, 0.717) is 25.7 Å². The predicted octanol–water partition coefficient (Wildman–Crippen LogP) is 4.15. The van der Waals surface area contributed by atoms with Gasteiger partial charge in [-0.25, -0.2) is 0 Å². The molecule has 1 aromatic heterocycles. The van der Waals surface area contributed by atoms with Gasteiger partial charge < -0.3 is 20.1 Å². The third-order valence-electron chi connectivity index (χ3n) is 4.42. The smallest absolute Gasteiger partial charge is 0.195 e. The van der Waals surface area contributed by atoms with E-state index < -0.39 is 0 Å². The number of hydrogen-bond acceptors (Lipinski definition) is 4. The third kappa shape index (κ3) is 8.58. The zero-order chi connectivity index (χ0) is 21.0. The molecule has 0 aliphatic carbocycles. The van der Waals surface area contributed by atoms with Crippen LogP contribution in [0.25, 0.3) is 0 Å². The van der Waals surface area contributed by atoms with Gasteiger partial charge in [-0.2, -0.15) is 5.10 Å². The fourth-order valence-corrected chi connectivity index (χ4v) is 2.91. The lowest BCUT2D eigenvalue weighted by Gasteiger charge is -2.12. The molecule has 0 saturated heterocycles. The molecule has 0 fully saturated rings. The number of anilines is 1. The topological polar surface area (TPSA) is 72.7 Å². The van der Waals surface area contributed by atoms with Gasteiger partial charge in [-0.3, -0.25) is 9.67 Å². The Morgan fingerprint density at radius 3 is 2.68 bits per heavy atom. The van der Waals surface area contributed by atoms with Crippen molar-refractivity contribution in [3.05, 3.63) is 78.1 Å². The molecule has 0 aliphatic heterocycles. The second-order valence-electron chi connectivity index (χ2n) is 6.81. The van der Waals surface area contributed by atoms with Crippen LogP contribution in [0.5, 0.6) is 5.75 Å². The van der Waals surface area contributed by atoms with Gasteiger partial charge in [-0.1, -0.05) is 36.4 Å². The summed E-state index contributed by atoms with van der Waals surface area (Å²) >= 11 is 0. The van der Waals surface area contributed by atoms with E-state index in [9.17, 15) is 0 Å². The van der Waals surface area contributed by atoms with Gasteiger partial charge in [0, 0.05) is 57.2 Å². The van der Waals surface area contributed by atoms with Crippen LogP contribution in [0.1, 0.15) is 17.5 Å². The first kappa shape index (κ1) is 24.7. The number of aromatic nitrogens is 2. The van der Waals surface area contributed by atoms with Crippen molar-refractivity contribution in [2.45, 2.75) is 19.5 Å². The molecule has 3 aromatic rings. The second-order valence-corrected chi connectivity index (χ2v) is 6.81. The molecular weight excluding hydrogens is 505 g/mol. The zero-order valence-electron chi connectivity index (χ0n) is 18.0. The van der Waals surface area contributed by atoms with E-state index in [1.54, 1.807) is 14.2 Å². The second kappa shape index (κ2) is 13.7. The fraction of sp³-hybridized carbons (Fsp3) is 0.304. The molecule has 0 saturated carbocycles. The summed E-state index contributed by atoms with van der Waals surface area (Å²) in [6.45, 7) is 2.69. The van der Waals surface area contributed by atoms with Crippen molar-refractivity contribution in [1.82, 2.24) is 15.1 Å². The number of ether oxygens (including phenoxy) is 2. The van der Waals surface area contributed by atoms with Crippen LogP contribution in [0, 0.1) is 0 Å². The van der Waals surface area contributed by atoms with Crippen molar-refractivity contribution in [2.75, 3.05) is 32.7 Å². The van der Waals surface area contributed by atoms with Crippen LogP contribution in [0.4, 0.5) is 5.69 Å². The fourth-order valence-electron chi connectivity index (χ4n) is 2.91. The molecule has 166 valence electrons. The number of hydrogen-bond donors (Lipinski definition) is 2. The summed E-state index contributed by atoms with van der Waals surface area (Å²) < 4.78 is 12.7. The number of guanidine groups is 1. The van der Waals surface area contributed by atoms with Crippen LogP contribution in [0.3, 0.4) is 0 Å². The van der Waals surface area contributed by atoms with Gasteiger partial charge in [0.25, 0.3) is 0 Å². The Morgan fingerprint density at radius 1 is 1.06 bits per heavy atom. The summed E-state index contributed by atoms with van der Waals surface area (Å²) in [5.41, 5.74) is 3.22. The summed E-state index contributed by atoms with van der Waals surface area (Å²) in [4.78, 5) is 4.30. The first-order valence-corrected chi connectivity index (χ1v) is 10.0. The number of nitrogens with one attached hydrogen (secondary N) is 2. The molecule has 0 aliphatic rings. The molecule has 2 N–H and O–H groups in total. The predicted molar refractivity (Wildman–Crippen MR) is 135 cm³/mol. The maximum Gasteiger partial charge on any atom is 0.195 e. The number of aliphatic imine (C=N–C) groups is 1. The average Bonchev–Trinajstić information content (AvgIpc) is 3.22. The number of nitrogens with zero attached hydrogens (tertiary/aromatic N) is 3. The highest BCUT2D eigenvalue weighted by molar-refractivity contribution is 14.0. The van der Waals surface area contributed by atoms with E-state index in [1.807, 2.05) is 59.5 Å². The molecule has 8 heteroatoms. The van der Waals surface area contributed by atoms with E-state index in [-0.39, 0.29) is 24.0 Å². The van der Waals surface area contributed by atoms with Crippen molar-refractivity contribution in [2.24, 2.45) is 4.99 Å². The Kier molecular flexibility index (Phi) is 10.9. The number of rotatable bonds is 10. The Balaban J connectivity index is 0.00000341.